The summed E-state index contributed by atoms with van der Waals surface area (Å²) in [7, 11) is -2.48. The summed E-state index contributed by atoms with van der Waals surface area (Å²) in [5.74, 6) is 0. The van der Waals surface area contributed by atoms with Crippen LogP contribution in [0.15, 0.2) is 95.6 Å². The van der Waals surface area contributed by atoms with Crippen LogP contribution in [0.3, 0.4) is 0 Å². The first-order valence-corrected chi connectivity index (χ1v) is 13.3. The summed E-state index contributed by atoms with van der Waals surface area (Å²) in [6, 6.07) is 27.6. The quantitative estimate of drug-likeness (QED) is 0.350. The third-order valence-electron chi connectivity index (χ3n) is 7.99. The maximum atomic E-state index is 2.58. The number of benzene rings is 3. The Morgan fingerprint density at radius 1 is 0.613 bits per heavy atom. The van der Waals surface area contributed by atoms with Gasteiger partial charge in [-0.3, -0.25) is 0 Å². The molecule has 1 unspecified atom stereocenters. The van der Waals surface area contributed by atoms with E-state index in [1.165, 1.54) is 49.0 Å². The first-order chi connectivity index (χ1) is 14.7. The Morgan fingerprint density at radius 2 is 1.06 bits per heavy atom. The highest BCUT2D eigenvalue weighted by molar-refractivity contribution is 7.14. The van der Waals surface area contributed by atoms with Crippen LogP contribution in [0.1, 0.15) is 44.4 Å². The molecule has 1 atom stereocenters. The van der Waals surface area contributed by atoms with Gasteiger partial charge >= 0.3 is 0 Å². The lowest BCUT2D eigenvalue weighted by Gasteiger charge is -2.47. The number of hydrogen-bond donors (Lipinski definition) is 0. The van der Waals surface area contributed by atoms with E-state index in [4.69, 9.17) is 0 Å². The molecule has 0 nitrogen and oxygen atoms in total. The van der Waals surface area contributed by atoms with Gasteiger partial charge in [-0.1, -0.05) is 96.9 Å². The average Bonchev–Trinajstić information content (AvgIpc) is 2.97. The Balaban J connectivity index is 2.23. The van der Waals surface area contributed by atoms with Crippen LogP contribution in [0, 0.1) is 20.8 Å². The van der Waals surface area contributed by atoms with Crippen LogP contribution in [0.2, 0.25) is 5.04 Å². The molecule has 1 aliphatic rings. The van der Waals surface area contributed by atoms with Crippen LogP contribution < -0.4 is 15.6 Å². The lowest BCUT2D eigenvalue weighted by atomic mass is 10.0. The highest BCUT2D eigenvalue weighted by Crippen LogP contribution is 2.52. The minimum atomic E-state index is -2.48. The number of allylic oxidation sites excluding steroid dienone is 4. The lowest BCUT2D eigenvalue weighted by molar-refractivity contribution is 0.870. The molecule has 1 aliphatic carbocycles. The van der Waals surface area contributed by atoms with Crippen LogP contribution in [-0.2, 0) is 0 Å². The van der Waals surface area contributed by atoms with E-state index < -0.39 is 8.07 Å². The largest absolute Gasteiger partial charge is 0.161 e. The average molecular weight is 423 g/mol. The Kier molecular flexibility index (Phi) is 5.43. The summed E-state index contributed by atoms with van der Waals surface area (Å²) in [6.45, 7) is 16.2. The minimum Gasteiger partial charge on any atom is -0.0730 e. The van der Waals surface area contributed by atoms with Crippen molar-refractivity contribution in [2.24, 2.45) is 0 Å². The topological polar surface area (TPSA) is 0 Å². The minimum absolute atomic E-state index is 0.0436. The molecule has 1 heteroatoms. The highest BCUT2D eigenvalue weighted by Gasteiger charge is 2.55. The fourth-order valence-electron chi connectivity index (χ4n) is 5.75. The summed E-state index contributed by atoms with van der Waals surface area (Å²) < 4.78 is 0. The summed E-state index contributed by atoms with van der Waals surface area (Å²) in [5.41, 5.74) is 8.56. The number of aryl methyl sites for hydroxylation is 2. The molecule has 0 amide bonds. The molecule has 0 heterocycles. The van der Waals surface area contributed by atoms with Crippen molar-refractivity contribution in [3.63, 3.8) is 0 Å². The molecule has 0 aromatic heterocycles. The third-order valence-corrected chi connectivity index (χ3v) is 13.6. The molecule has 158 valence electrons. The SMILES string of the molecule is CC1=CC(C)([Si](c2ccccc2)(c2ccccc2)c2cc(C)c(C)c(C)c2)C(C)=C1C. The molecule has 0 saturated carbocycles. The van der Waals surface area contributed by atoms with Gasteiger partial charge in [0, 0.05) is 5.04 Å². The Hall–Kier alpha value is -2.64. The molecule has 0 aliphatic heterocycles. The smallest absolute Gasteiger partial charge is 0.0730 e. The monoisotopic (exact) mass is 422 g/mol. The summed E-state index contributed by atoms with van der Waals surface area (Å²) >= 11 is 0. The van der Waals surface area contributed by atoms with Gasteiger partial charge in [0.2, 0.25) is 0 Å². The maximum absolute atomic E-state index is 2.58. The molecule has 0 bridgehead atoms. The molecule has 0 fully saturated rings. The Bertz CT molecular complexity index is 1120. The molecule has 0 saturated heterocycles. The first kappa shape index (κ1) is 21.6. The zero-order valence-electron chi connectivity index (χ0n) is 20.0. The fourth-order valence-corrected chi connectivity index (χ4v) is 12.0. The van der Waals surface area contributed by atoms with Crippen LogP contribution in [-0.4, -0.2) is 8.07 Å². The Morgan fingerprint density at radius 3 is 1.45 bits per heavy atom. The molecule has 0 N–H and O–H groups in total. The van der Waals surface area contributed by atoms with Crippen molar-refractivity contribution in [1.29, 1.82) is 0 Å². The van der Waals surface area contributed by atoms with E-state index in [-0.39, 0.29) is 5.04 Å². The van der Waals surface area contributed by atoms with Crippen LogP contribution in [0.5, 0.6) is 0 Å². The molecule has 4 rings (SSSR count). The van der Waals surface area contributed by atoms with E-state index in [0.29, 0.717) is 0 Å². The second kappa shape index (κ2) is 7.80. The van der Waals surface area contributed by atoms with E-state index in [9.17, 15) is 0 Å². The fraction of sp³-hybridized carbons (Fsp3) is 0.267. The van der Waals surface area contributed by atoms with Gasteiger partial charge in [-0.25, -0.2) is 0 Å². The van der Waals surface area contributed by atoms with Crippen molar-refractivity contribution in [3.8, 4) is 0 Å². The maximum Gasteiger partial charge on any atom is 0.161 e. The van der Waals surface area contributed by atoms with Crippen LogP contribution >= 0.6 is 0 Å². The van der Waals surface area contributed by atoms with E-state index in [1.54, 1.807) is 0 Å². The first-order valence-electron chi connectivity index (χ1n) is 11.3. The number of hydrogen-bond acceptors (Lipinski definition) is 0. The van der Waals surface area contributed by atoms with Crippen molar-refractivity contribution >= 4 is 23.6 Å². The highest BCUT2D eigenvalue weighted by atomic mass is 28.3. The second-order valence-corrected chi connectivity index (χ2v) is 13.8. The van der Waals surface area contributed by atoms with Gasteiger partial charge in [0.25, 0.3) is 0 Å². The molecular formula is C30H34Si. The molecule has 31 heavy (non-hydrogen) atoms. The Labute approximate surface area is 189 Å². The summed E-state index contributed by atoms with van der Waals surface area (Å²) in [6.07, 6.45) is 2.58. The summed E-state index contributed by atoms with van der Waals surface area (Å²) in [5, 5.41) is 4.41. The zero-order valence-corrected chi connectivity index (χ0v) is 21.0. The number of rotatable bonds is 4. The van der Waals surface area contributed by atoms with Gasteiger partial charge in [0.1, 0.15) is 0 Å². The predicted molar refractivity (Wildman–Crippen MR) is 139 cm³/mol. The van der Waals surface area contributed by atoms with E-state index >= 15 is 0 Å². The third kappa shape index (κ3) is 3.10. The van der Waals surface area contributed by atoms with Gasteiger partial charge in [-0.2, -0.15) is 0 Å². The van der Waals surface area contributed by atoms with Gasteiger partial charge in [0.15, 0.2) is 8.07 Å². The zero-order chi connectivity index (χ0) is 22.4. The van der Waals surface area contributed by atoms with Crippen LogP contribution in [0.25, 0.3) is 0 Å². The van der Waals surface area contributed by atoms with E-state index in [1.807, 2.05) is 0 Å². The molecular weight excluding hydrogens is 388 g/mol. The summed E-state index contributed by atoms with van der Waals surface area (Å²) in [4.78, 5) is 0. The van der Waals surface area contributed by atoms with E-state index in [0.717, 1.165) is 0 Å². The normalized spacial score (nSPS) is 19.0. The molecule has 0 spiro atoms. The van der Waals surface area contributed by atoms with Gasteiger partial charge in [-0.05, 0) is 79.4 Å². The van der Waals surface area contributed by atoms with Crippen LogP contribution in [0.4, 0.5) is 0 Å². The van der Waals surface area contributed by atoms with Crippen molar-refractivity contribution in [2.75, 3.05) is 0 Å². The van der Waals surface area contributed by atoms with Gasteiger partial charge in [0.05, 0.1) is 0 Å². The van der Waals surface area contributed by atoms with Crippen molar-refractivity contribution in [3.05, 3.63) is 112 Å². The molecule has 0 radical (unpaired) electrons. The molecule has 3 aromatic rings. The van der Waals surface area contributed by atoms with Gasteiger partial charge < -0.3 is 0 Å². The predicted octanol–water partition coefficient (Wildman–Crippen LogP) is 6.14. The van der Waals surface area contributed by atoms with Crippen molar-refractivity contribution in [1.82, 2.24) is 0 Å². The van der Waals surface area contributed by atoms with E-state index in [2.05, 4.69) is 127 Å². The standard InChI is InChI=1S/C30H34Si/c1-21-18-29(19-22(2)24(21)4)31(27-14-10-8-11-15-27,28-16-12-9-13-17-28)30(7)20-23(3)25(5)26(30)6/h8-20H,1-7H3. The van der Waals surface area contributed by atoms with Crippen molar-refractivity contribution < 1.29 is 0 Å². The van der Waals surface area contributed by atoms with Gasteiger partial charge in [-0.15, -0.1) is 0 Å². The van der Waals surface area contributed by atoms with Crippen molar-refractivity contribution in [2.45, 2.75) is 53.5 Å². The molecule has 3 aromatic carbocycles. The lowest BCUT2D eigenvalue weighted by Crippen LogP contribution is -2.73. The second-order valence-electron chi connectivity index (χ2n) is 9.50.